The van der Waals surface area contributed by atoms with Gasteiger partial charge in [-0.3, -0.25) is 14.4 Å². The lowest BCUT2D eigenvalue weighted by atomic mass is 9.38. The molecule has 4 nitrogen and oxygen atoms in total. The van der Waals surface area contributed by atoms with Crippen LogP contribution in [0.4, 0.5) is 0 Å². The van der Waals surface area contributed by atoms with Crippen LogP contribution in [0.1, 0.15) is 69.7 Å². The van der Waals surface area contributed by atoms with Gasteiger partial charge in [-0.1, -0.05) is 63.6 Å². The Morgan fingerprint density at radius 1 is 1.14 bits per heavy atom. The number of carbonyl (C=O) groups excluding carboxylic acids is 3. The van der Waals surface area contributed by atoms with E-state index in [1.54, 1.807) is 31.4 Å². The van der Waals surface area contributed by atoms with E-state index in [1.165, 1.54) is 0 Å². The van der Waals surface area contributed by atoms with Gasteiger partial charge in [0.1, 0.15) is 5.60 Å². The third-order valence-electron chi connectivity index (χ3n) is 7.93. The van der Waals surface area contributed by atoms with Crippen LogP contribution in [0.3, 0.4) is 0 Å². The van der Waals surface area contributed by atoms with Crippen molar-refractivity contribution in [3.63, 3.8) is 0 Å². The molecule has 0 radical (unpaired) electrons. The number of benzene rings is 1. The molecular formula is C25H30O4. The quantitative estimate of drug-likeness (QED) is 0.398. The first-order chi connectivity index (χ1) is 13.8. The summed E-state index contributed by atoms with van der Waals surface area (Å²) in [7, 11) is 1.63. The van der Waals surface area contributed by atoms with Crippen LogP contribution in [0.25, 0.3) is 0 Å². The smallest absolute Gasteiger partial charge is 0.184 e. The summed E-state index contributed by atoms with van der Waals surface area (Å²) >= 11 is 0. The molecule has 29 heavy (non-hydrogen) atoms. The zero-order chi connectivity index (χ0) is 21.1. The molecule has 0 amide bonds. The summed E-state index contributed by atoms with van der Waals surface area (Å²) in [5.41, 5.74) is -2.80. The molecule has 0 N–H and O–H groups in total. The molecule has 0 aliphatic heterocycles. The third-order valence-corrected chi connectivity index (χ3v) is 7.93. The lowest BCUT2D eigenvalue weighted by molar-refractivity contribution is -0.201. The van der Waals surface area contributed by atoms with E-state index >= 15 is 0 Å². The first-order valence-electron chi connectivity index (χ1n) is 10.8. The number of methoxy groups -OCH3 is 1. The van der Waals surface area contributed by atoms with Crippen molar-refractivity contribution in [2.45, 2.75) is 64.9 Å². The van der Waals surface area contributed by atoms with Crippen LogP contribution in [0, 0.1) is 16.2 Å². The Labute approximate surface area is 172 Å². The van der Waals surface area contributed by atoms with Crippen molar-refractivity contribution in [2.24, 2.45) is 16.2 Å². The van der Waals surface area contributed by atoms with Gasteiger partial charge in [-0.25, -0.2) is 0 Å². The van der Waals surface area contributed by atoms with Crippen LogP contribution in [-0.4, -0.2) is 30.1 Å². The van der Waals surface area contributed by atoms with Crippen molar-refractivity contribution in [3.05, 3.63) is 47.5 Å². The second-order valence-electron chi connectivity index (χ2n) is 9.24. The molecule has 4 bridgehead atoms. The van der Waals surface area contributed by atoms with Gasteiger partial charge in [-0.2, -0.15) is 0 Å². The SMILES string of the molecule is CC/C=C1\C(=O)[C@@]2(C(=O)c3ccccc3)C[C@]3(C)CC[C@@](CCC)(C2=O)[C@]13OC. The Kier molecular flexibility index (Phi) is 4.51. The fourth-order valence-electron chi connectivity index (χ4n) is 7.09. The molecule has 4 saturated carbocycles. The topological polar surface area (TPSA) is 60.4 Å². The molecule has 0 aromatic heterocycles. The van der Waals surface area contributed by atoms with E-state index < -0.39 is 21.8 Å². The van der Waals surface area contributed by atoms with Crippen molar-refractivity contribution in [1.82, 2.24) is 0 Å². The monoisotopic (exact) mass is 394 g/mol. The molecule has 0 unspecified atom stereocenters. The van der Waals surface area contributed by atoms with E-state index in [2.05, 4.69) is 13.8 Å². The van der Waals surface area contributed by atoms with Crippen molar-refractivity contribution in [3.8, 4) is 0 Å². The molecule has 4 heteroatoms. The highest BCUT2D eigenvalue weighted by Gasteiger charge is 2.85. The summed E-state index contributed by atoms with van der Waals surface area (Å²) in [4.78, 5) is 42.0. The standard InChI is InChI=1S/C25H30O4/c1-5-10-18-20(27)24(19(26)17-11-8-7-9-12-17)16-22(3)14-15-23(13-6-2,21(24)28)25(18,22)29-4/h7-12H,5-6,13-16H2,1-4H3/b18-10+/t22-,23-,24-,25-/m0/s1. The van der Waals surface area contributed by atoms with Crippen LogP contribution in [-0.2, 0) is 14.3 Å². The van der Waals surface area contributed by atoms with Gasteiger partial charge in [-0.05, 0) is 32.1 Å². The number of hydrogen-bond acceptors (Lipinski definition) is 4. The number of carbonyl (C=O) groups is 3. The van der Waals surface area contributed by atoms with Gasteiger partial charge in [-0.15, -0.1) is 0 Å². The predicted molar refractivity (Wildman–Crippen MR) is 111 cm³/mol. The maximum Gasteiger partial charge on any atom is 0.184 e. The highest BCUT2D eigenvalue weighted by Crippen LogP contribution is 2.76. The number of fused-ring (bicyclic) bond motifs is 1. The molecule has 5 rings (SSSR count). The highest BCUT2D eigenvalue weighted by molar-refractivity contribution is 6.37. The summed E-state index contributed by atoms with van der Waals surface area (Å²) in [5, 5.41) is 0. The second-order valence-corrected chi connectivity index (χ2v) is 9.24. The van der Waals surface area contributed by atoms with Gasteiger partial charge in [0.25, 0.3) is 0 Å². The molecule has 4 aliphatic rings. The normalized spacial score (nSPS) is 39.4. The summed E-state index contributed by atoms with van der Waals surface area (Å²) in [5.74, 6) is -0.866. The molecular weight excluding hydrogens is 364 g/mol. The lowest BCUT2D eigenvalue weighted by Crippen LogP contribution is -2.76. The van der Waals surface area contributed by atoms with Crippen molar-refractivity contribution in [2.75, 3.05) is 7.11 Å². The minimum absolute atomic E-state index is 0.198. The Balaban J connectivity index is 2.05. The largest absolute Gasteiger partial charge is 0.372 e. The zero-order valence-corrected chi connectivity index (χ0v) is 17.8. The molecule has 4 atom stereocenters. The van der Waals surface area contributed by atoms with E-state index in [-0.39, 0.29) is 23.8 Å². The zero-order valence-electron chi connectivity index (χ0n) is 17.8. The molecule has 4 aliphatic carbocycles. The van der Waals surface area contributed by atoms with Gasteiger partial charge in [0.05, 0.1) is 5.41 Å². The molecule has 0 saturated heterocycles. The molecule has 0 heterocycles. The molecule has 1 aromatic rings. The van der Waals surface area contributed by atoms with Crippen LogP contribution in [0.5, 0.6) is 0 Å². The number of allylic oxidation sites excluding steroid dienone is 1. The molecule has 154 valence electrons. The van der Waals surface area contributed by atoms with Gasteiger partial charge in [0.15, 0.2) is 22.8 Å². The predicted octanol–water partition coefficient (Wildman–Crippen LogP) is 4.72. The van der Waals surface area contributed by atoms with Gasteiger partial charge in [0, 0.05) is 23.7 Å². The Morgan fingerprint density at radius 3 is 2.41 bits per heavy atom. The van der Waals surface area contributed by atoms with Crippen LogP contribution in [0.15, 0.2) is 42.0 Å². The van der Waals surface area contributed by atoms with E-state index in [1.807, 2.05) is 19.1 Å². The minimum atomic E-state index is -1.62. The minimum Gasteiger partial charge on any atom is -0.372 e. The fourth-order valence-corrected chi connectivity index (χ4v) is 7.09. The van der Waals surface area contributed by atoms with E-state index in [9.17, 15) is 14.4 Å². The van der Waals surface area contributed by atoms with Crippen molar-refractivity contribution >= 4 is 17.3 Å². The van der Waals surface area contributed by atoms with Gasteiger partial charge >= 0.3 is 0 Å². The number of ether oxygens (including phenoxy) is 1. The van der Waals surface area contributed by atoms with Gasteiger partial charge < -0.3 is 4.74 Å². The van der Waals surface area contributed by atoms with Crippen LogP contribution in [0.2, 0.25) is 0 Å². The molecule has 4 fully saturated rings. The highest BCUT2D eigenvalue weighted by atomic mass is 16.5. The van der Waals surface area contributed by atoms with E-state index in [0.717, 1.165) is 12.8 Å². The Morgan fingerprint density at radius 2 is 1.83 bits per heavy atom. The lowest BCUT2D eigenvalue weighted by Gasteiger charge is -2.64. The first-order valence-corrected chi connectivity index (χ1v) is 10.8. The molecule has 0 spiro atoms. The number of ketones is 3. The Bertz CT molecular complexity index is 916. The maximum absolute atomic E-state index is 14.2. The third kappa shape index (κ3) is 2.06. The van der Waals surface area contributed by atoms with Crippen LogP contribution < -0.4 is 0 Å². The summed E-state index contributed by atoms with van der Waals surface area (Å²) in [6.07, 6.45) is 5.70. The second kappa shape index (κ2) is 6.46. The molecule has 1 aromatic carbocycles. The summed E-state index contributed by atoms with van der Waals surface area (Å²) in [6.45, 7) is 6.15. The van der Waals surface area contributed by atoms with Crippen molar-refractivity contribution < 1.29 is 19.1 Å². The van der Waals surface area contributed by atoms with Gasteiger partial charge in [0.2, 0.25) is 0 Å². The number of Topliss-reactive ketones (excluding diaryl/α,β-unsaturated/α-hetero) is 3. The summed E-state index contributed by atoms with van der Waals surface area (Å²) < 4.78 is 6.23. The number of rotatable bonds is 6. The van der Waals surface area contributed by atoms with E-state index in [0.29, 0.717) is 30.4 Å². The maximum atomic E-state index is 14.2. The van der Waals surface area contributed by atoms with Crippen molar-refractivity contribution in [1.29, 1.82) is 0 Å². The fraction of sp³-hybridized carbons (Fsp3) is 0.560. The Hall–Kier alpha value is -2.07. The number of hydrogen-bond donors (Lipinski definition) is 0. The van der Waals surface area contributed by atoms with Crippen LogP contribution >= 0.6 is 0 Å². The summed E-state index contributed by atoms with van der Waals surface area (Å²) in [6, 6.07) is 8.83. The average molecular weight is 395 g/mol. The average Bonchev–Trinajstić information content (AvgIpc) is 2.93. The first kappa shape index (κ1) is 20.2. The van der Waals surface area contributed by atoms with E-state index in [4.69, 9.17) is 4.74 Å².